The molecule has 0 spiro atoms. The van der Waals surface area contributed by atoms with E-state index in [9.17, 15) is 27.1 Å². The third kappa shape index (κ3) is 2.48. The average Bonchev–Trinajstić information content (AvgIpc) is 2.40. The van der Waals surface area contributed by atoms with E-state index in [-0.39, 0.29) is 10.6 Å². The summed E-state index contributed by atoms with van der Waals surface area (Å²) in [6.45, 7) is 0. The van der Waals surface area contributed by atoms with Crippen LogP contribution in [0.1, 0.15) is 17.2 Å². The smallest absolute Gasteiger partial charge is 0.194 e. The number of aliphatic hydroxyl groups excluding tert-OH is 1. The van der Waals surface area contributed by atoms with E-state index in [4.69, 9.17) is 11.6 Å². The molecular weight excluding hydrogens is 303 g/mol. The maximum absolute atomic E-state index is 13.5. The minimum absolute atomic E-state index is 0.365. The lowest BCUT2D eigenvalue weighted by atomic mass is 10.0. The SMILES string of the molecule is OC(c1cc(F)c(F)cc1Cl)c1ccc(F)c(F)c1F. The molecule has 1 atom stereocenters. The highest BCUT2D eigenvalue weighted by Gasteiger charge is 2.23. The highest BCUT2D eigenvalue weighted by atomic mass is 35.5. The Balaban J connectivity index is 2.55. The molecule has 1 unspecified atom stereocenters. The quantitative estimate of drug-likeness (QED) is 0.503. The summed E-state index contributed by atoms with van der Waals surface area (Å²) < 4.78 is 65.4. The molecule has 0 aliphatic rings. The Bertz CT molecular complexity index is 672. The van der Waals surface area contributed by atoms with Gasteiger partial charge in [0.2, 0.25) is 0 Å². The molecule has 2 aromatic rings. The number of halogens is 6. The van der Waals surface area contributed by atoms with Crippen LogP contribution in [0, 0.1) is 29.1 Å². The highest BCUT2D eigenvalue weighted by molar-refractivity contribution is 6.31. The van der Waals surface area contributed by atoms with Gasteiger partial charge in [0.15, 0.2) is 29.1 Å². The van der Waals surface area contributed by atoms with Gasteiger partial charge >= 0.3 is 0 Å². The van der Waals surface area contributed by atoms with Crippen LogP contribution in [0.5, 0.6) is 0 Å². The summed E-state index contributed by atoms with van der Waals surface area (Å²) in [5.74, 6) is -7.41. The van der Waals surface area contributed by atoms with Crippen molar-refractivity contribution in [3.8, 4) is 0 Å². The summed E-state index contributed by atoms with van der Waals surface area (Å²) in [6, 6.07) is 2.54. The average molecular weight is 309 g/mol. The predicted octanol–water partition coefficient (Wildman–Crippen LogP) is 4.12. The van der Waals surface area contributed by atoms with Crippen LogP contribution in [0.3, 0.4) is 0 Å². The van der Waals surface area contributed by atoms with Crippen molar-refractivity contribution < 1.29 is 27.1 Å². The summed E-state index contributed by atoms with van der Waals surface area (Å²) in [7, 11) is 0. The van der Waals surface area contributed by atoms with Crippen LogP contribution in [0.2, 0.25) is 5.02 Å². The molecule has 7 heteroatoms. The minimum atomic E-state index is -1.87. The molecule has 0 heterocycles. The van der Waals surface area contributed by atoms with Gasteiger partial charge in [-0.3, -0.25) is 0 Å². The molecule has 1 N–H and O–H groups in total. The zero-order chi connectivity index (χ0) is 15.0. The second kappa shape index (κ2) is 5.38. The summed E-state index contributed by atoms with van der Waals surface area (Å²) in [5.41, 5.74) is -1.01. The normalized spacial score (nSPS) is 12.6. The number of benzene rings is 2. The Kier molecular flexibility index (Phi) is 3.96. The van der Waals surface area contributed by atoms with Gasteiger partial charge in [0.05, 0.1) is 0 Å². The monoisotopic (exact) mass is 308 g/mol. The van der Waals surface area contributed by atoms with Gasteiger partial charge in [-0.15, -0.1) is 0 Å². The van der Waals surface area contributed by atoms with Crippen molar-refractivity contribution in [3.05, 3.63) is 69.5 Å². The summed E-state index contributed by atoms with van der Waals surface area (Å²) in [5, 5.41) is 9.51. The van der Waals surface area contributed by atoms with E-state index in [2.05, 4.69) is 0 Å². The highest BCUT2D eigenvalue weighted by Crippen LogP contribution is 2.32. The van der Waals surface area contributed by atoms with Crippen molar-refractivity contribution in [2.75, 3.05) is 0 Å². The van der Waals surface area contributed by atoms with Gasteiger partial charge in [-0.1, -0.05) is 17.7 Å². The van der Waals surface area contributed by atoms with Crippen LogP contribution in [-0.2, 0) is 0 Å². The maximum Gasteiger partial charge on any atom is 0.194 e. The zero-order valence-electron chi connectivity index (χ0n) is 9.60. The van der Waals surface area contributed by atoms with E-state index in [1.807, 2.05) is 0 Å². The number of rotatable bonds is 2. The molecule has 0 amide bonds. The number of hydrogen-bond donors (Lipinski definition) is 1. The Morgan fingerprint density at radius 3 is 2.05 bits per heavy atom. The van der Waals surface area contributed by atoms with Gasteiger partial charge in [-0.05, 0) is 18.2 Å². The van der Waals surface area contributed by atoms with Gasteiger partial charge in [0.1, 0.15) is 6.10 Å². The largest absolute Gasteiger partial charge is 0.383 e. The third-order valence-corrected chi connectivity index (χ3v) is 3.02. The van der Waals surface area contributed by atoms with Gasteiger partial charge in [-0.2, -0.15) is 0 Å². The van der Waals surface area contributed by atoms with Crippen molar-refractivity contribution in [2.24, 2.45) is 0 Å². The van der Waals surface area contributed by atoms with Crippen LogP contribution in [0.25, 0.3) is 0 Å². The molecule has 0 aliphatic carbocycles. The van der Waals surface area contributed by atoms with Crippen LogP contribution in [-0.4, -0.2) is 5.11 Å². The fraction of sp³-hybridized carbons (Fsp3) is 0.0769. The molecule has 0 aliphatic heterocycles. The lowest BCUT2D eigenvalue weighted by Gasteiger charge is -2.14. The van der Waals surface area contributed by atoms with Crippen LogP contribution in [0.15, 0.2) is 24.3 Å². The van der Waals surface area contributed by atoms with Crippen LogP contribution in [0.4, 0.5) is 22.0 Å². The molecule has 0 bridgehead atoms. The molecule has 2 rings (SSSR count). The Hall–Kier alpha value is -1.66. The van der Waals surface area contributed by atoms with Crippen molar-refractivity contribution >= 4 is 11.6 Å². The fourth-order valence-corrected chi connectivity index (χ4v) is 1.92. The van der Waals surface area contributed by atoms with Crippen molar-refractivity contribution in [1.29, 1.82) is 0 Å². The van der Waals surface area contributed by atoms with Gasteiger partial charge < -0.3 is 5.11 Å². The molecule has 20 heavy (non-hydrogen) atoms. The second-order valence-corrected chi connectivity index (χ2v) is 4.36. The van der Waals surface area contributed by atoms with E-state index in [0.717, 1.165) is 6.07 Å². The minimum Gasteiger partial charge on any atom is -0.383 e. The van der Waals surface area contributed by atoms with E-state index in [1.165, 1.54) is 0 Å². The molecule has 0 saturated carbocycles. The number of aliphatic hydroxyl groups is 1. The second-order valence-electron chi connectivity index (χ2n) is 3.95. The fourth-order valence-electron chi connectivity index (χ4n) is 1.67. The zero-order valence-corrected chi connectivity index (χ0v) is 10.4. The Morgan fingerprint density at radius 1 is 0.800 bits per heavy atom. The van der Waals surface area contributed by atoms with Gasteiger partial charge in [0.25, 0.3) is 0 Å². The Morgan fingerprint density at radius 2 is 1.40 bits per heavy atom. The van der Waals surface area contributed by atoms with Crippen molar-refractivity contribution in [2.45, 2.75) is 6.10 Å². The van der Waals surface area contributed by atoms with Crippen molar-refractivity contribution in [1.82, 2.24) is 0 Å². The first-order valence-electron chi connectivity index (χ1n) is 5.28. The van der Waals surface area contributed by atoms with E-state index in [0.29, 0.717) is 18.2 Å². The van der Waals surface area contributed by atoms with Crippen molar-refractivity contribution in [3.63, 3.8) is 0 Å². The van der Waals surface area contributed by atoms with E-state index < -0.39 is 40.8 Å². The summed E-state index contributed by atoms with van der Waals surface area (Å²) in [4.78, 5) is 0. The predicted molar refractivity (Wildman–Crippen MR) is 61.7 cm³/mol. The maximum atomic E-state index is 13.5. The number of hydrogen-bond acceptors (Lipinski definition) is 1. The first-order chi connectivity index (χ1) is 9.32. The standard InChI is InChI=1S/C13H6ClF5O/c14-7-4-10(17)9(16)3-6(7)13(20)5-1-2-8(15)12(19)11(5)18/h1-4,13,20H. The molecule has 2 aromatic carbocycles. The van der Waals surface area contributed by atoms with Crippen LogP contribution >= 0.6 is 11.6 Å². The van der Waals surface area contributed by atoms with Gasteiger partial charge in [-0.25, -0.2) is 22.0 Å². The molecule has 0 saturated heterocycles. The summed E-state index contributed by atoms with van der Waals surface area (Å²) >= 11 is 5.61. The molecular formula is C13H6ClF5O. The van der Waals surface area contributed by atoms with E-state index in [1.54, 1.807) is 0 Å². The lowest BCUT2D eigenvalue weighted by molar-refractivity contribution is 0.212. The van der Waals surface area contributed by atoms with Gasteiger partial charge in [0, 0.05) is 16.1 Å². The molecule has 0 fully saturated rings. The molecule has 1 nitrogen and oxygen atoms in total. The molecule has 106 valence electrons. The summed E-state index contributed by atoms with van der Waals surface area (Å²) in [6.07, 6.45) is -1.87. The first kappa shape index (κ1) is 14.7. The molecule has 0 radical (unpaired) electrons. The lowest BCUT2D eigenvalue weighted by Crippen LogP contribution is -2.07. The first-order valence-corrected chi connectivity index (χ1v) is 5.66. The molecule has 0 aromatic heterocycles. The van der Waals surface area contributed by atoms with Crippen LogP contribution < -0.4 is 0 Å². The van der Waals surface area contributed by atoms with E-state index >= 15 is 0 Å². The third-order valence-electron chi connectivity index (χ3n) is 2.69. The Labute approximate surface area is 115 Å². The topological polar surface area (TPSA) is 20.2 Å².